The molecule has 0 aliphatic carbocycles. The summed E-state index contributed by atoms with van der Waals surface area (Å²) in [5, 5.41) is 5.76. The van der Waals surface area contributed by atoms with Crippen molar-refractivity contribution in [3.05, 3.63) is 64.1 Å². The molecule has 1 unspecified atom stereocenters. The summed E-state index contributed by atoms with van der Waals surface area (Å²) < 4.78 is 0.969. The largest absolute Gasteiger partial charge is 0.350 e. The van der Waals surface area contributed by atoms with Gasteiger partial charge < -0.3 is 15.5 Å². The molecule has 0 saturated heterocycles. The summed E-state index contributed by atoms with van der Waals surface area (Å²) in [7, 11) is 1.74. The maximum atomic E-state index is 12.4. The number of hydrogen-bond acceptors (Lipinski definition) is 2. The molecule has 0 bridgehead atoms. The molecule has 2 rings (SSSR count). The lowest BCUT2D eigenvalue weighted by Gasteiger charge is -2.19. The summed E-state index contributed by atoms with van der Waals surface area (Å²) in [5.41, 5.74) is 2.25. The van der Waals surface area contributed by atoms with E-state index in [4.69, 9.17) is 0 Å². The summed E-state index contributed by atoms with van der Waals surface area (Å²) >= 11 is 3.49. The van der Waals surface area contributed by atoms with Gasteiger partial charge in [-0.1, -0.05) is 41.1 Å². The Labute approximate surface area is 162 Å². The second kappa shape index (κ2) is 9.38. The molecule has 2 aromatic carbocycles. The number of urea groups is 1. The van der Waals surface area contributed by atoms with Gasteiger partial charge in [0, 0.05) is 35.4 Å². The van der Waals surface area contributed by atoms with E-state index in [-0.39, 0.29) is 18.0 Å². The molecule has 2 aromatic rings. The van der Waals surface area contributed by atoms with Crippen molar-refractivity contribution in [2.45, 2.75) is 32.9 Å². The predicted molar refractivity (Wildman–Crippen MR) is 108 cm³/mol. The van der Waals surface area contributed by atoms with Crippen LogP contribution in [0.3, 0.4) is 0 Å². The molecule has 0 aliphatic heterocycles. The van der Waals surface area contributed by atoms with Crippen LogP contribution in [0.25, 0.3) is 0 Å². The predicted octanol–water partition coefficient (Wildman–Crippen LogP) is 4.64. The van der Waals surface area contributed by atoms with Gasteiger partial charge in [-0.05, 0) is 49.2 Å². The van der Waals surface area contributed by atoms with Crippen LogP contribution in [0.1, 0.15) is 36.2 Å². The third-order valence-electron chi connectivity index (χ3n) is 4.10. The fraction of sp³-hybridized carbons (Fsp3) is 0.300. The minimum absolute atomic E-state index is 0.108. The quantitative estimate of drug-likeness (QED) is 0.718. The molecular formula is C20H24BrN3O2. The Morgan fingerprint density at radius 2 is 1.77 bits per heavy atom. The summed E-state index contributed by atoms with van der Waals surface area (Å²) in [4.78, 5) is 26.0. The highest BCUT2D eigenvalue weighted by Gasteiger charge is 2.12. The standard InChI is InChI=1S/C20H24BrN3O2/c1-4-14(2)22-19(25)15-9-11-17(12-10-15)23-20(26)24(3)13-16-7-5-6-8-18(16)21/h5-12,14H,4,13H2,1-3H3,(H,22,25)(H,23,26). The van der Waals surface area contributed by atoms with Gasteiger partial charge in [0.1, 0.15) is 0 Å². The van der Waals surface area contributed by atoms with Gasteiger partial charge in [0.15, 0.2) is 0 Å². The van der Waals surface area contributed by atoms with Gasteiger partial charge in [-0.3, -0.25) is 4.79 Å². The molecule has 6 heteroatoms. The fourth-order valence-electron chi connectivity index (χ4n) is 2.29. The van der Waals surface area contributed by atoms with E-state index in [0.717, 1.165) is 16.5 Å². The zero-order valence-corrected chi connectivity index (χ0v) is 16.8. The summed E-state index contributed by atoms with van der Waals surface area (Å²) in [6, 6.07) is 14.6. The van der Waals surface area contributed by atoms with Gasteiger partial charge in [-0.15, -0.1) is 0 Å². The average molecular weight is 418 g/mol. The minimum atomic E-state index is -0.211. The molecule has 5 nitrogen and oxygen atoms in total. The average Bonchev–Trinajstić information content (AvgIpc) is 2.63. The Bertz CT molecular complexity index is 762. The van der Waals surface area contributed by atoms with Crippen LogP contribution in [-0.4, -0.2) is 29.9 Å². The molecule has 0 aromatic heterocycles. The second-order valence-electron chi connectivity index (χ2n) is 6.24. The van der Waals surface area contributed by atoms with E-state index in [1.165, 1.54) is 0 Å². The highest BCUT2D eigenvalue weighted by atomic mass is 79.9. The summed E-state index contributed by atoms with van der Waals surface area (Å²) in [5.74, 6) is -0.108. The third kappa shape index (κ3) is 5.59. The van der Waals surface area contributed by atoms with Crippen molar-refractivity contribution in [1.29, 1.82) is 0 Å². The Hall–Kier alpha value is -2.34. The molecule has 0 spiro atoms. The molecule has 2 N–H and O–H groups in total. The number of halogens is 1. The Morgan fingerprint density at radius 3 is 2.38 bits per heavy atom. The molecule has 0 radical (unpaired) electrons. The lowest BCUT2D eigenvalue weighted by molar-refractivity contribution is 0.0939. The van der Waals surface area contributed by atoms with Gasteiger partial charge >= 0.3 is 6.03 Å². The van der Waals surface area contributed by atoms with Crippen LogP contribution < -0.4 is 10.6 Å². The van der Waals surface area contributed by atoms with Crippen molar-refractivity contribution in [3.8, 4) is 0 Å². The first kappa shape index (κ1) is 20.0. The maximum absolute atomic E-state index is 12.4. The van der Waals surface area contributed by atoms with E-state index in [9.17, 15) is 9.59 Å². The Kier molecular flexibility index (Phi) is 7.21. The minimum Gasteiger partial charge on any atom is -0.350 e. The van der Waals surface area contributed by atoms with Crippen LogP contribution in [0.4, 0.5) is 10.5 Å². The smallest absolute Gasteiger partial charge is 0.321 e. The number of benzene rings is 2. The number of amides is 3. The van der Waals surface area contributed by atoms with Crippen molar-refractivity contribution >= 4 is 33.6 Å². The molecule has 0 aliphatic rings. The van der Waals surface area contributed by atoms with Crippen molar-refractivity contribution in [3.63, 3.8) is 0 Å². The van der Waals surface area contributed by atoms with E-state index in [2.05, 4.69) is 26.6 Å². The molecule has 138 valence electrons. The number of carbonyl (C=O) groups is 2. The van der Waals surface area contributed by atoms with Crippen LogP contribution in [-0.2, 0) is 6.54 Å². The monoisotopic (exact) mass is 417 g/mol. The van der Waals surface area contributed by atoms with Crippen molar-refractivity contribution in [2.24, 2.45) is 0 Å². The molecule has 0 fully saturated rings. The molecule has 26 heavy (non-hydrogen) atoms. The van der Waals surface area contributed by atoms with Gasteiger partial charge in [-0.25, -0.2) is 4.79 Å². The lowest BCUT2D eigenvalue weighted by atomic mass is 10.1. The van der Waals surface area contributed by atoms with Gasteiger partial charge in [0.05, 0.1) is 0 Å². The lowest BCUT2D eigenvalue weighted by Crippen LogP contribution is -2.32. The summed E-state index contributed by atoms with van der Waals surface area (Å²) in [6.45, 7) is 4.48. The van der Waals surface area contributed by atoms with Crippen molar-refractivity contribution in [2.75, 3.05) is 12.4 Å². The molecule has 3 amide bonds. The van der Waals surface area contributed by atoms with Crippen LogP contribution >= 0.6 is 15.9 Å². The van der Waals surface area contributed by atoms with E-state index in [1.807, 2.05) is 38.1 Å². The number of nitrogens with zero attached hydrogens (tertiary/aromatic N) is 1. The number of carbonyl (C=O) groups excluding carboxylic acids is 2. The second-order valence-corrected chi connectivity index (χ2v) is 7.09. The zero-order valence-electron chi connectivity index (χ0n) is 15.3. The van der Waals surface area contributed by atoms with E-state index in [1.54, 1.807) is 36.2 Å². The zero-order chi connectivity index (χ0) is 19.1. The first-order valence-corrected chi connectivity index (χ1v) is 9.36. The number of nitrogens with one attached hydrogen (secondary N) is 2. The third-order valence-corrected chi connectivity index (χ3v) is 4.87. The fourth-order valence-corrected chi connectivity index (χ4v) is 2.70. The van der Waals surface area contributed by atoms with E-state index < -0.39 is 0 Å². The summed E-state index contributed by atoms with van der Waals surface area (Å²) in [6.07, 6.45) is 0.879. The number of hydrogen-bond donors (Lipinski definition) is 2. The van der Waals surface area contributed by atoms with Crippen molar-refractivity contribution in [1.82, 2.24) is 10.2 Å². The Morgan fingerprint density at radius 1 is 1.12 bits per heavy atom. The maximum Gasteiger partial charge on any atom is 0.321 e. The van der Waals surface area contributed by atoms with E-state index >= 15 is 0 Å². The van der Waals surface area contributed by atoms with Crippen LogP contribution in [0, 0.1) is 0 Å². The number of rotatable bonds is 6. The highest BCUT2D eigenvalue weighted by Crippen LogP contribution is 2.18. The highest BCUT2D eigenvalue weighted by molar-refractivity contribution is 9.10. The molecule has 0 saturated carbocycles. The van der Waals surface area contributed by atoms with Crippen LogP contribution in [0.2, 0.25) is 0 Å². The van der Waals surface area contributed by atoms with E-state index in [0.29, 0.717) is 17.8 Å². The molecule has 0 heterocycles. The van der Waals surface area contributed by atoms with Crippen LogP contribution in [0.15, 0.2) is 53.0 Å². The molecular weight excluding hydrogens is 394 g/mol. The van der Waals surface area contributed by atoms with Gasteiger partial charge in [0.25, 0.3) is 5.91 Å². The van der Waals surface area contributed by atoms with Gasteiger partial charge in [0.2, 0.25) is 0 Å². The Balaban J connectivity index is 1.94. The SMILES string of the molecule is CCC(C)NC(=O)c1ccc(NC(=O)N(C)Cc2ccccc2Br)cc1. The van der Waals surface area contributed by atoms with Gasteiger partial charge in [-0.2, -0.15) is 0 Å². The van der Waals surface area contributed by atoms with Crippen molar-refractivity contribution < 1.29 is 9.59 Å². The molecule has 1 atom stereocenters. The van der Waals surface area contributed by atoms with Crippen LogP contribution in [0.5, 0.6) is 0 Å². The number of anilines is 1. The topological polar surface area (TPSA) is 61.4 Å². The first-order valence-electron chi connectivity index (χ1n) is 8.57. The first-order chi connectivity index (χ1) is 12.4. The normalized spacial score (nSPS) is 11.5.